The Hall–Kier alpha value is -2.32. The molecule has 0 fully saturated rings. The van der Waals surface area contributed by atoms with Gasteiger partial charge >= 0.3 is 0 Å². The molecule has 0 aromatic heterocycles. The van der Waals surface area contributed by atoms with Crippen molar-refractivity contribution in [1.29, 1.82) is 0 Å². The highest BCUT2D eigenvalue weighted by Crippen LogP contribution is 2.11. The van der Waals surface area contributed by atoms with Crippen LogP contribution in [-0.2, 0) is 4.79 Å². The van der Waals surface area contributed by atoms with Crippen LogP contribution in [0.5, 0.6) is 0 Å². The zero-order valence-electron chi connectivity index (χ0n) is 12.1. The smallest absolute Gasteiger partial charge is 0.252 e. The maximum Gasteiger partial charge on any atom is 0.252 e. The molecule has 0 unspecified atom stereocenters. The van der Waals surface area contributed by atoms with Gasteiger partial charge in [-0.3, -0.25) is 9.59 Å². The molecule has 0 spiro atoms. The van der Waals surface area contributed by atoms with Crippen LogP contribution in [0.25, 0.3) is 0 Å². The van der Waals surface area contributed by atoms with E-state index in [1.54, 1.807) is 6.07 Å². The van der Waals surface area contributed by atoms with Gasteiger partial charge < -0.3 is 16.2 Å². The molecule has 0 radical (unpaired) electrons. The van der Waals surface area contributed by atoms with Crippen molar-refractivity contribution in [3.05, 3.63) is 34.9 Å². The molecule has 5 heteroatoms. The van der Waals surface area contributed by atoms with Gasteiger partial charge in [0.05, 0.1) is 12.2 Å². The van der Waals surface area contributed by atoms with E-state index in [2.05, 4.69) is 17.2 Å². The number of nitrogens with two attached hydrogens (primary N) is 1. The molecule has 21 heavy (non-hydrogen) atoms. The van der Waals surface area contributed by atoms with Crippen molar-refractivity contribution in [2.75, 3.05) is 13.2 Å². The van der Waals surface area contributed by atoms with Crippen molar-refractivity contribution in [2.24, 2.45) is 5.73 Å². The van der Waals surface area contributed by atoms with Crippen molar-refractivity contribution < 1.29 is 14.7 Å². The van der Waals surface area contributed by atoms with E-state index in [1.165, 1.54) is 0 Å². The minimum absolute atomic E-state index is 0.00649. The molecule has 0 saturated carbocycles. The summed E-state index contributed by atoms with van der Waals surface area (Å²) in [4.78, 5) is 22.7. The predicted octanol–water partition coefficient (Wildman–Crippen LogP) is 0.724. The molecule has 1 aromatic rings. The number of hydrogen-bond acceptors (Lipinski definition) is 3. The largest absolute Gasteiger partial charge is 0.395 e. The van der Waals surface area contributed by atoms with E-state index >= 15 is 0 Å². The van der Waals surface area contributed by atoms with Crippen molar-refractivity contribution >= 4 is 11.8 Å². The third kappa shape index (κ3) is 6.11. The van der Waals surface area contributed by atoms with Gasteiger partial charge in [0.25, 0.3) is 5.91 Å². The summed E-state index contributed by atoms with van der Waals surface area (Å²) in [5, 5.41) is 11.5. The molecule has 2 amide bonds. The van der Waals surface area contributed by atoms with Gasteiger partial charge in [-0.15, -0.1) is 0 Å². The van der Waals surface area contributed by atoms with Gasteiger partial charge in [0.2, 0.25) is 5.91 Å². The summed E-state index contributed by atoms with van der Waals surface area (Å²) in [6.07, 6.45) is 1.13. The van der Waals surface area contributed by atoms with Gasteiger partial charge in [-0.1, -0.05) is 17.9 Å². The van der Waals surface area contributed by atoms with Crippen LogP contribution in [0.2, 0.25) is 0 Å². The Balaban J connectivity index is 2.74. The van der Waals surface area contributed by atoms with E-state index in [1.807, 2.05) is 19.1 Å². The Morgan fingerprint density at radius 3 is 2.81 bits per heavy atom. The normalized spacial score (nSPS) is 9.62. The molecule has 4 N–H and O–H groups in total. The molecule has 1 rings (SSSR count). The molecule has 0 aliphatic heterocycles. The summed E-state index contributed by atoms with van der Waals surface area (Å²) >= 11 is 0. The van der Waals surface area contributed by atoms with Crippen LogP contribution in [0, 0.1) is 18.8 Å². The van der Waals surface area contributed by atoms with Crippen molar-refractivity contribution in [2.45, 2.75) is 26.2 Å². The van der Waals surface area contributed by atoms with E-state index in [4.69, 9.17) is 10.8 Å². The van der Waals surface area contributed by atoms with Crippen molar-refractivity contribution in [1.82, 2.24) is 5.32 Å². The number of carbonyl (C=O) groups excluding carboxylic acids is 2. The van der Waals surface area contributed by atoms with Gasteiger partial charge in [-0.2, -0.15) is 0 Å². The first-order chi connectivity index (χ1) is 10.0. The van der Waals surface area contributed by atoms with Crippen LogP contribution < -0.4 is 11.1 Å². The zero-order chi connectivity index (χ0) is 15.7. The van der Waals surface area contributed by atoms with Gasteiger partial charge in [0.1, 0.15) is 0 Å². The molecule has 0 atom stereocenters. The average molecular weight is 288 g/mol. The molecular weight excluding hydrogens is 268 g/mol. The summed E-state index contributed by atoms with van der Waals surface area (Å²) in [6.45, 7) is 2.30. The SMILES string of the molecule is Cc1ccc(C(=O)NCCCC(N)=O)c(C#CCCO)c1. The topological polar surface area (TPSA) is 92.4 Å². The van der Waals surface area contributed by atoms with Crippen LogP contribution in [0.1, 0.15) is 40.7 Å². The maximum absolute atomic E-state index is 12.1. The minimum Gasteiger partial charge on any atom is -0.395 e. The second kappa shape index (κ2) is 8.77. The lowest BCUT2D eigenvalue weighted by Gasteiger charge is -2.07. The highest BCUT2D eigenvalue weighted by atomic mass is 16.2. The first-order valence-electron chi connectivity index (χ1n) is 6.81. The third-order valence-electron chi connectivity index (χ3n) is 2.77. The Morgan fingerprint density at radius 1 is 1.38 bits per heavy atom. The second-order valence-corrected chi connectivity index (χ2v) is 4.65. The fourth-order valence-electron chi connectivity index (χ4n) is 1.73. The van der Waals surface area contributed by atoms with Crippen LogP contribution in [-0.4, -0.2) is 30.1 Å². The molecule has 0 bridgehead atoms. The fraction of sp³-hybridized carbons (Fsp3) is 0.375. The zero-order valence-corrected chi connectivity index (χ0v) is 12.1. The number of rotatable bonds is 6. The number of amides is 2. The van der Waals surface area contributed by atoms with Crippen LogP contribution in [0.4, 0.5) is 0 Å². The van der Waals surface area contributed by atoms with Gasteiger partial charge in [0.15, 0.2) is 0 Å². The van der Waals surface area contributed by atoms with Crippen molar-refractivity contribution in [3.8, 4) is 11.8 Å². The molecule has 0 aliphatic carbocycles. The van der Waals surface area contributed by atoms with E-state index < -0.39 is 0 Å². The maximum atomic E-state index is 12.1. The average Bonchev–Trinajstić information content (AvgIpc) is 2.43. The van der Waals surface area contributed by atoms with E-state index in [0.717, 1.165) is 5.56 Å². The molecule has 0 saturated heterocycles. The summed E-state index contributed by atoms with van der Waals surface area (Å²) in [6, 6.07) is 5.40. The van der Waals surface area contributed by atoms with Gasteiger partial charge in [-0.05, 0) is 31.0 Å². The number of hydrogen-bond donors (Lipinski definition) is 3. The molecule has 112 valence electrons. The molecule has 5 nitrogen and oxygen atoms in total. The number of aryl methyl sites for hydroxylation is 1. The fourth-order valence-corrected chi connectivity index (χ4v) is 1.73. The number of nitrogens with one attached hydrogen (secondary N) is 1. The number of primary amides is 1. The van der Waals surface area contributed by atoms with Gasteiger partial charge in [-0.25, -0.2) is 0 Å². The highest BCUT2D eigenvalue weighted by Gasteiger charge is 2.09. The Kier molecular flexibility index (Phi) is 6.99. The summed E-state index contributed by atoms with van der Waals surface area (Å²) < 4.78 is 0. The Labute approximate surface area is 124 Å². The summed E-state index contributed by atoms with van der Waals surface area (Å²) in [5.41, 5.74) is 7.17. The molecular formula is C16H20N2O3. The predicted molar refractivity (Wildman–Crippen MR) is 80.5 cm³/mol. The Bertz CT molecular complexity index is 571. The van der Waals surface area contributed by atoms with Crippen LogP contribution in [0.3, 0.4) is 0 Å². The number of aliphatic hydroxyl groups excluding tert-OH is 1. The second-order valence-electron chi connectivity index (χ2n) is 4.65. The lowest BCUT2D eigenvalue weighted by atomic mass is 10.0. The van der Waals surface area contributed by atoms with Gasteiger partial charge in [0, 0.05) is 24.9 Å². The molecule has 0 heterocycles. The summed E-state index contributed by atoms with van der Waals surface area (Å²) in [5.74, 6) is 5.11. The summed E-state index contributed by atoms with van der Waals surface area (Å²) in [7, 11) is 0. The Morgan fingerprint density at radius 2 is 2.14 bits per heavy atom. The standard InChI is InChI=1S/C16H20N2O3/c1-12-7-8-14(13(11-12)5-2-3-10-19)16(21)18-9-4-6-15(17)20/h7-8,11,19H,3-4,6,9-10H2,1H3,(H2,17,20)(H,18,21). The quantitative estimate of drug-likeness (QED) is 0.532. The first kappa shape index (κ1) is 16.7. The lowest BCUT2D eigenvalue weighted by Crippen LogP contribution is -2.26. The van der Waals surface area contributed by atoms with E-state index in [9.17, 15) is 9.59 Å². The number of carbonyl (C=O) groups is 2. The molecule has 1 aromatic carbocycles. The van der Waals surface area contributed by atoms with Crippen LogP contribution >= 0.6 is 0 Å². The van der Waals surface area contributed by atoms with E-state index in [0.29, 0.717) is 30.5 Å². The number of aliphatic hydroxyl groups is 1. The molecule has 0 aliphatic rings. The van der Waals surface area contributed by atoms with Crippen molar-refractivity contribution in [3.63, 3.8) is 0 Å². The monoisotopic (exact) mass is 288 g/mol. The third-order valence-corrected chi connectivity index (χ3v) is 2.77. The first-order valence-corrected chi connectivity index (χ1v) is 6.81. The lowest BCUT2D eigenvalue weighted by molar-refractivity contribution is -0.118. The van der Waals surface area contributed by atoms with Crippen LogP contribution in [0.15, 0.2) is 18.2 Å². The number of benzene rings is 1. The minimum atomic E-state index is -0.379. The highest BCUT2D eigenvalue weighted by molar-refractivity contribution is 5.96. The van der Waals surface area contributed by atoms with E-state index in [-0.39, 0.29) is 24.8 Å².